The number of nitrogens with one attached hydrogen (secondary N) is 1. The fourth-order valence-electron chi connectivity index (χ4n) is 7.32. The van der Waals surface area contributed by atoms with Gasteiger partial charge in [-0.15, -0.1) is 0 Å². The van der Waals surface area contributed by atoms with Crippen LogP contribution in [0.4, 0.5) is 4.39 Å². The third kappa shape index (κ3) is 4.12. The average molecular weight is 445 g/mol. The Kier molecular flexibility index (Phi) is 5.33. The first-order valence-corrected chi connectivity index (χ1v) is 12.5. The molecule has 3 aromatic rings. The van der Waals surface area contributed by atoms with E-state index in [1.807, 2.05) is 18.2 Å². The van der Waals surface area contributed by atoms with Crippen LogP contribution in [0.3, 0.4) is 0 Å². The molecule has 5 heteroatoms. The summed E-state index contributed by atoms with van der Waals surface area (Å²) < 4.78 is 13.3. The van der Waals surface area contributed by atoms with E-state index >= 15 is 0 Å². The fourth-order valence-corrected chi connectivity index (χ4v) is 7.32. The molecule has 2 aromatic carbocycles. The molecular weight excluding hydrogens is 411 g/mol. The van der Waals surface area contributed by atoms with Crippen molar-refractivity contribution < 1.29 is 4.39 Å². The summed E-state index contributed by atoms with van der Waals surface area (Å²) in [5.74, 6) is 2.64. The Labute approximate surface area is 195 Å². The van der Waals surface area contributed by atoms with Crippen molar-refractivity contribution in [3.05, 3.63) is 71.7 Å². The normalized spacial score (nSPS) is 28.8. The molecule has 1 aromatic heterocycles. The van der Waals surface area contributed by atoms with Crippen molar-refractivity contribution in [2.24, 2.45) is 23.2 Å². The average Bonchev–Trinajstić information content (AvgIpc) is 3.21. The molecule has 4 aliphatic rings. The third-order valence-electron chi connectivity index (χ3n) is 8.59. The van der Waals surface area contributed by atoms with E-state index in [1.165, 1.54) is 50.7 Å². The van der Waals surface area contributed by atoms with Crippen molar-refractivity contribution >= 4 is 0 Å². The highest BCUT2D eigenvalue weighted by atomic mass is 19.1. The van der Waals surface area contributed by atoms with Gasteiger partial charge in [0.25, 0.3) is 0 Å². The second-order valence-corrected chi connectivity index (χ2v) is 10.9. The number of aromatic nitrogens is 3. The Hall–Kier alpha value is -2.53. The van der Waals surface area contributed by atoms with E-state index in [2.05, 4.69) is 24.4 Å². The number of hydrogen-bond acceptors (Lipinski definition) is 3. The Morgan fingerprint density at radius 2 is 1.58 bits per heavy atom. The van der Waals surface area contributed by atoms with Crippen LogP contribution in [0.15, 0.2) is 54.6 Å². The first-order chi connectivity index (χ1) is 16.1. The molecule has 1 N–H and O–H groups in total. The predicted octanol–water partition coefficient (Wildman–Crippen LogP) is 5.83. The minimum absolute atomic E-state index is 0.222. The van der Waals surface area contributed by atoms with Crippen LogP contribution in [0.25, 0.3) is 11.3 Å². The molecule has 4 fully saturated rings. The molecule has 0 saturated heterocycles. The Morgan fingerprint density at radius 1 is 0.939 bits per heavy atom. The monoisotopic (exact) mass is 444 g/mol. The zero-order valence-electron chi connectivity index (χ0n) is 19.4. The van der Waals surface area contributed by atoms with E-state index in [0.717, 1.165) is 46.8 Å². The van der Waals surface area contributed by atoms with E-state index < -0.39 is 0 Å². The highest BCUT2D eigenvalue weighted by molar-refractivity contribution is 5.60. The summed E-state index contributed by atoms with van der Waals surface area (Å²) in [6.07, 6.45) is 8.62. The summed E-state index contributed by atoms with van der Waals surface area (Å²) >= 11 is 0. The van der Waals surface area contributed by atoms with Crippen LogP contribution < -0.4 is 5.32 Å². The van der Waals surface area contributed by atoms with Gasteiger partial charge in [-0.2, -0.15) is 15.0 Å². The van der Waals surface area contributed by atoms with Gasteiger partial charge in [-0.25, -0.2) is 4.39 Å². The van der Waals surface area contributed by atoms with Gasteiger partial charge < -0.3 is 5.32 Å². The number of nitrogens with zero attached hydrogens (tertiary/aromatic N) is 3. The first-order valence-electron chi connectivity index (χ1n) is 12.5. The molecule has 0 radical (unpaired) electrons. The van der Waals surface area contributed by atoms with Crippen LogP contribution in [0.2, 0.25) is 0 Å². The van der Waals surface area contributed by atoms with Crippen LogP contribution in [0.1, 0.15) is 56.7 Å². The minimum Gasteiger partial charge on any atom is -0.308 e. The lowest BCUT2D eigenvalue weighted by atomic mass is 9.48. The Balaban J connectivity index is 1.22. The summed E-state index contributed by atoms with van der Waals surface area (Å²) in [6.45, 7) is 3.65. The maximum atomic E-state index is 13.3. The van der Waals surface area contributed by atoms with E-state index in [9.17, 15) is 4.39 Å². The molecule has 4 nitrogen and oxygen atoms in total. The second-order valence-electron chi connectivity index (χ2n) is 10.9. The zero-order chi connectivity index (χ0) is 22.4. The molecule has 0 unspecified atom stereocenters. The van der Waals surface area contributed by atoms with Crippen molar-refractivity contribution in [1.82, 2.24) is 20.3 Å². The van der Waals surface area contributed by atoms with Gasteiger partial charge in [0.15, 0.2) is 0 Å². The molecular formula is C28H33FN4. The first kappa shape index (κ1) is 21.0. The number of rotatable bonds is 7. The van der Waals surface area contributed by atoms with E-state index in [1.54, 1.807) is 16.9 Å². The Bertz CT molecular complexity index is 1070. The quantitative estimate of drug-likeness (QED) is 0.499. The standard InChI is InChI=1S/C28H33FN4/c1-19(28-14-21-11-22(15-28)13-23(12-21)16-28)30-17-26-27(24-5-3-2-4-6-24)32-33(31-26)18-20-7-9-25(29)10-8-20/h2-10,19,21-23,30H,11-18H2,1H3/t19-,21?,22?,23?,28?/m1/s1. The lowest BCUT2D eigenvalue weighted by molar-refractivity contribution is -0.0707. The lowest BCUT2D eigenvalue weighted by Crippen LogP contribution is -2.54. The maximum Gasteiger partial charge on any atom is 0.123 e. The van der Waals surface area contributed by atoms with Crippen molar-refractivity contribution in [2.45, 2.75) is 64.6 Å². The summed E-state index contributed by atoms with van der Waals surface area (Å²) in [5.41, 5.74) is 4.46. The molecule has 4 bridgehead atoms. The van der Waals surface area contributed by atoms with Gasteiger partial charge in [0.2, 0.25) is 0 Å². The zero-order valence-corrected chi connectivity index (χ0v) is 19.4. The van der Waals surface area contributed by atoms with Crippen molar-refractivity contribution in [2.75, 3.05) is 0 Å². The SMILES string of the molecule is C[C@@H](NCc1nn(Cc2ccc(F)cc2)nc1-c1ccccc1)C12CC3CC(CC(C3)C1)C2. The van der Waals surface area contributed by atoms with Gasteiger partial charge >= 0.3 is 0 Å². The van der Waals surface area contributed by atoms with E-state index in [0.29, 0.717) is 18.0 Å². The van der Waals surface area contributed by atoms with Crippen LogP contribution >= 0.6 is 0 Å². The van der Waals surface area contributed by atoms with Crippen molar-refractivity contribution in [1.29, 1.82) is 0 Å². The fraction of sp³-hybridized carbons (Fsp3) is 0.500. The highest BCUT2D eigenvalue weighted by Crippen LogP contribution is 2.61. The molecule has 4 aliphatic carbocycles. The molecule has 1 heterocycles. The Morgan fingerprint density at radius 3 is 2.21 bits per heavy atom. The van der Waals surface area contributed by atoms with Crippen molar-refractivity contribution in [3.63, 3.8) is 0 Å². The van der Waals surface area contributed by atoms with E-state index in [-0.39, 0.29) is 5.82 Å². The lowest BCUT2D eigenvalue weighted by Gasteiger charge is -2.59. The second kappa shape index (κ2) is 8.35. The summed E-state index contributed by atoms with van der Waals surface area (Å²) in [5, 5.41) is 13.6. The van der Waals surface area contributed by atoms with Crippen LogP contribution in [0.5, 0.6) is 0 Å². The molecule has 1 atom stereocenters. The van der Waals surface area contributed by atoms with Gasteiger partial charge in [-0.05, 0) is 86.3 Å². The van der Waals surface area contributed by atoms with Gasteiger partial charge in [0.1, 0.15) is 17.2 Å². The number of benzene rings is 2. The van der Waals surface area contributed by atoms with Crippen LogP contribution in [0, 0.1) is 29.0 Å². The summed E-state index contributed by atoms with van der Waals surface area (Å²) in [4.78, 5) is 1.75. The largest absolute Gasteiger partial charge is 0.308 e. The van der Waals surface area contributed by atoms with Gasteiger partial charge in [-0.3, -0.25) is 0 Å². The van der Waals surface area contributed by atoms with Gasteiger partial charge in [0.05, 0.1) is 6.54 Å². The van der Waals surface area contributed by atoms with Crippen molar-refractivity contribution in [3.8, 4) is 11.3 Å². The minimum atomic E-state index is -0.222. The molecule has 172 valence electrons. The summed E-state index contributed by atoms with van der Waals surface area (Å²) in [6, 6.07) is 17.4. The molecule has 0 aliphatic heterocycles. The topological polar surface area (TPSA) is 42.7 Å². The van der Waals surface area contributed by atoms with Gasteiger partial charge in [0, 0.05) is 18.2 Å². The van der Waals surface area contributed by atoms with E-state index in [4.69, 9.17) is 10.2 Å². The molecule has 0 spiro atoms. The smallest absolute Gasteiger partial charge is 0.123 e. The van der Waals surface area contributed by atoms with Gasteiger partial charge in [-0.1, -0.05) is 42.5 Å². The summed E-state index contributed by atoms with van der Waals surface area (Å²) in [7, 11) is 0. The number of hydrogen-bond donors (Lipinski definition) is 1. The van der Waals surface area contributed by atoms with Crippen LogP contribution in [-0.4, -0.2) is 21.0 Å². The highest BCUT2D eigenvalue weighted by Gasteiger charge is 2.52. The molecule has 33 heavy (non-hydrogen) atoms. The number of halogens is 1. The van der Waals surface area contributed by atoms with Crippen LogP contribution in [-0.2, 0) is 13.1 Å². The predicted molar refractivity (Wildman–Crippen MR) is 128 cm³/mol. The molecule has 7 rings (SSSR count). The molecule has 4 saturated carbocycles. The third-order valence-corrected chi connectivity index (χ3v) is 8.59. The molecule has 0 amide bonds. The maximum absolute atomic E-state index is 13.3.